The van der Waals surface area contributed by atoms with Crippen LogP contribution in [0.25, 0.3) is 0 Å². The highest BCUT2D eigenvalue weighted by Crippen LogP contribution is 2.13. The molecule has 0 aliphatic rings. The molecule has 0 unspecified atom stereocenters. The van der Waals surface area contributed by atoms with E-state index in [2.05, 4.69) is 15.0 Å². The van der Waals surface area contributed by atoms with Crippen LogP contribution in [0.15, 0.2) is 12.1 Å². The molecule has 4 nitrogen and oxygen atoms in total. The van der Waals surface area contributed by atoms with Crippen molar-refractivity contribution in [2.24, 2.45) is 0 Å². The fourth-order valence-corrected chi connectivity index (χ4v) is 0.828. The van der Waals surface area contributed by atoms with Gasteiger partial charge in [-0.2, -0.15) is 4.39 Å². The fourth-order valence-electron chi connectivity index (χ4n) is 0.828. The third-order valence-electron chi connectivity index (χ3n) is 1.49. The van der Waals surface area contributed by atoms with Gasteiger partial charge < -0.3 is 10.1 Å². The van der Waals surface area contributed by atoms with E-state index in [1.54, 1.807) is 0 Å². The summed E-state index contributed by atoms with van der Waals surface area (Å²) in [7, 11) is 2.78. The minimum absolute atomic E-state index is 0.0210. The zero-order chi connectivity index (χ0) is 9.84. The highest BCUT2D eigenvalue weighted by molar-refractivity contribution is 5.92. The van der Waals surface area contributed by atoms with Gasteiger partial charge in [-0.3, -0.25) is 4.79 Å². The minimum atomic E-state index is -0.788. The number of aromatic nitrogens is 1. The lowest BCUT2D eigenvalue weighted by atomic mass is 10.3. The molecule has 0 spiro atoms. The highest BCUT2D eigenvalue weighted by atomic mass is 19.1. The molecule has 0 bridgehead atoms. The molecular weight excluding hydrogens is 175 g/mol. The standard InChI is InChI=1S/C8H9FN2O2/c1-10-8(12)5-3-4-6(13-2)7(9)11-5/h3-4H,1-2H3,(H,10,12). The number of rotatable bonds is 2. The second-order valence-corrected chi connectivity index (χ2v) is 2.27. The van der Waals surface area contributed by atoms with Gasteiger partial charge in [-0.25, -0.2) is 4.98 Å². The Labute approximate surface area is 74.7 Å². The molecule has 0 saturated heterocycles. The molecule has 5 heteroatoms. The number of ether oxygens (including phenoxy) is 1. The van der Waals surface area contributed by atoms with Crippen LogP contribution in [0.1, 0.15) is 10.5 Å². The number of amides is 1. The molecule has 1 aromatic heterocycles. The second kappa shape index (κ2) is 3.84. The summed E-state index contributed by atoms with van der Waals surface area (Å²) in [6.45, 7) is 0. The molecule has 0 radical (unpaired) electrons. The lowest BCUT2D eigenvalue weighted by molar-refractivity contribution is 0.0957. The number of hydrogen-bond acceptors (Lipinski definition) is 3. The molecule has 1 rings (SSSR count). The number of carbonyl (C=O) groups is 1. The van der Waals surface area contributed by atoms with E-state index in [0.29, 0.717) is 0 Å². The van der Waals surface area contributed by atoms with Crippen LogP contribution in [0.3, 0.4) is 0 Å². The van der Waals surface area contributed by atoms with Crippen LogP contribution in [0.5, 0.6) is 5.75 Å². The lowest BCUT2D eigenvalue weighted by Crippen LogP contribution is -2.19. The molecule has 0 aliphatic heterocycles. The summed E-state index contributed by atoms with van der Waals surface area (Å²) < 4.78 is 17.6. The van der Waals surface area contributed by atoms with E-state index >= 15 is 0 Å². The van der Waals surface area contributed by atoms with Gasteiger partial charge in [0.1, 0.15) is 5.69 Å². The number of methoxy groups -OCH3 is 1. The Bertz CT molecular complexity index is 328. The zero-order valence-electron chi connectivity index (χ0n) is 7.30. The molecule has 1 aromatic rings. The van der Waals surface area contributed by atoms with Gasteiger partial charge in [0.25, 0.3) is 11.9 Å². The SMILES string of the molecule is CNC(=O)c1ccc(OC)c(F)n1. The maximum Gasteiger partial charge on any atom is 0.269 e. The molecule has 70 valence electrons. The van der Waals surface area contributed by atoms with Crippen molar-refractivity contribution in [1.29, 1.82) is 0 Å². The van der Waals surface area contributed by atoms with Crippen molar-refractivity contribution in [2.75, 3.05) is 14.2 Å². The number of halogens is 1. The average molecular weight is 184 g/mol. The second-order valence-electron chi connectivity index (χ2n) is 2.27. The Balaban J connectivity index is 3.02. The largest absolute Gasteiger partial charge is 0.492 e. The summed E-state index contributed by atoms with van der Waals surface area (Å²) in [5, 5.41) is 2.34. The topological polar surface area (TPSA) is 51.2 Å². The molecule has 13 heavy (non-hydrogen) atoms. The van der Waals surface area contributed by atoms with Crippen LogP contribution < -0.4 is 10.1 Å². The van der Waals surface area contributed by atoms with E-state index in [-0.39, 0.29) is 11.4 Å². The van der Waals surface area contributed by atoms with Crippen LogP contribution >= 0.6 is 0 Å². The monoisotopic (exact) mass is 184 g/mol. The van der Waals surface area contributed by atoms with Gasteiger partial charge >= 0.3 is 0 Å². The van der Waals surface area contributed by atoms with Crippen LogP contribution in [0.4, 0.5) is 4.39 Å². The van der Waals surface area contributed by atoms with Gasteiger partial charge in [-0.05, 0) is 12.1 Å². The quantitative estimate of drug-likeness (QED) is 0.684. The third-order valence-corrected chi connectivity index (χ3v) is 1.49. The molecule has 0 saturated carbocycles. The Morgan fingerprint density at radius 3 is 2.77 bits per heavy atom. The van der Waals surface area contributed by atoms with E-state index in [1.807, 2.05) is 0 Å². The Morgan fingerprint density at radius 1 is 1.62 bits per heavy atom. The Hall–Kier alpha value is -1.65. The minimum Gasteiger partial charge on any atom is -0.492 e. The molecule has 0 aliphatic carbocycles. The van der Waals surface area contributed by atoms with Gasteiger partial charge in [0, 0.05) is 7.05 Å². The van der Waals surface area contributed by atoms with Crippen LogP contribution in [-0.4, -0.2) is 25.0 Å². The van der Waals surface area contributed by atoms with Gasteiger partial charge in [-0.1, -0.05) is 0 Å². The predicted octanol–water partition coefficient (Wildman–Crippen LogP) is 0.589. The normalized spacial score (nSPS) is 9.46. The van der Waals surface area contributed by atoms with E-state index in [0.717, 1.165) is 0 Å². The number of hydrogen-bond donors (Lipinski definition) is 1. The van der Waals surface area contributed by atoms with Crippen molar-refractivity contribution in [2.45, 2.75) is 0 Å². The molecule has 0 fully saturated rings. The number of pyridine rings is 1. The van der Waals surface area contributed by atoms with E-state index in [4.69, 9.17) is 0 Å². The van der Waals surface area contributed by atoms with Crippen molar-refractivity contribution < 1.29 is 13.9 Å². The van der Waals surface area contributed by atoms with Gasteiger partial charge in [0.15, 0.2) is 5.75 Å². The average Bonchev–Trinajstić information content (AvgIpc) is 2.16. The first-order valence-electron chi connectivity index (χ1n) is 3.61. The summed E-state index contributed by atoms with van der Waals surface area (Å²) in [6.07, 6.45) is 0. The van der Waals surface area contributed by atoms with Crippen molar-refractivity contribution in [3.8, 4) is 5.75 Å². The molecule has 0 atom stereocenters. The van der Waals surface area contributed by atoms with Crippen LogP contribution in [0, 0.1) is 5.95 Å². The molecule has 1 amide bonds. The first-order valence-corrected chi connectivity index (χ1v) is 3.61. The van der Waals surface area contributed by atoms with Gasteiger partial charge in [0.05, 0.1) is 7.11 Å². The maximum atomic E-state index is 12.9. The Morgan fingerprint density at radius 2 is 2.31 bits per heavy atom. The molecule has 1 N–H and O–H groups in total. The van der Waals surface area contributed by atoms with Crippen LogP contribution in [0.2, 0.25) is 0 Å². The number of carbonyl (C=O) groups excluding carboxylic acids is 1. The van der Waals surface area contributed by atoms with E-state index < -0.39 is 11.9 Å². The summed E-state index contributed by atoms with van der Waals surface area (Å²) in [5.74, 6) is -1.20. The molecule has 0 aromatic carbocycles. The fraction of sp³-hybridized carbons (Fsp3) is 0.250. The first kappa shape index (κ1) is 9.44. The van der Waals surface area contributed by atoms with Crippen molar-refractivity contribution in [3.63, 3.8) is 0 Å². The highest BCUT2D eigenvalue weighted by Gasteiger charge is 2.09. The summed E-state index contributed by atoms with van der Waals surface area (Å²) in [6, 6.07) is 2.74. The van der Waals surface area contributed by atoms with Crippen molar-refractivity contribution in [1.82, 2.24) is 10.3 Å². The maximum absolute atomic E-state index is 12.9. The summed E-state index contributed by atoms with van der Waals surface area (Å²) >= 11 is 0. The summed E-state index contributed by atoms with van der Waals surface area (Å²) in [5.41, 5.74) is 0.0285. The number of nitrogens with one attached hydrogen (secondary N) is 1. The zero-order valence-corrected chi connectivity index (χ0v) is 7.30. The molecule has 1 heterocycles. The lowest BCUT2D eigenvalue weighted by Gasteiger charge is -2.02. The van der Waals surface area contributed by atoms with Gasteiger partial charge in [0.2, 0.25) is 0 Å². The van der Waals surface area contributed by atoms with Crippen LogP contribution in [-0.2, 0) is 0 Å². The summed E-state index contributed by atoms with van der Waals surface area (Å²) in [4.78, 5) is 14.4. The van der Waals surface area contributed by atoms with Crippen molar-refractivity contribution >= 4 is 5.91 Å². The predicted molar refractivity (Wildman–Crippen MR) is 44.1 cm³/mol. The van der Waals surface area contributed by atoms with Crippen molar-refractivity contribution in [3.05, 3.63) is 23.8 Å². The van der Waals surface area contributed by atoms with Gasteiger partial charge in [-0.15, -0.1) is 0 Å². The smallest absolute Gasteiger partial charge is 0.269 e. The third kappa shape index (κ3) is 1.93. The van der Waals surface area contributed by atoms with E-state index in [1.165, 1.54) is 26.3 Å². The first-order chi connectivity index (χ1) is 6.19. The molecular formula is C8H9FN2O2. The van der Waals surface area contributed by atoms with E-state index in [9.17, 15) is 9.18 Å². The Kier molecular flexibility index (Phi) is 2.79. The number of nitrogens with zero attached hydrogens (tertiary/aromatic N) is 1.